The molecule has 1 fully saturated rings. The third-order valence-corrected chi connectivity index (χ3v) is 10.3. The fourth-order valence-electron chi connectivity index (χ4n) is 6.26. The molecule has 0 bridgehead atoms. The topological polar surface area (TPSA) is 308 Å². The van der Waals surface area contributed by atoms with E-state index in [2.05, 4.69) is 35.4 Å². The molecule has 0 unspecified atom stereocenters. The zero-order valence-corrected chi connectivity index (χ0v) is 44.7. The molecule has 2 atom stereocenters. The van der Waals surface area contributed by atoms with Crippen LogP contribution in [0.3, 0.4) is 0 Å². The van der Waals surface area contributed by atoms with E-state index in [0.29, 0.717) is 29.3 Å². The highest BCUT2D eigenvalue weighted by Crippen LogP contribution is 2.33. The van der Waals surface area contributed by atoms with Crippen LogP contribution in [-0.4, -0.2) is 127 Å². The Bertz CT molecular complexity index is 2700. The average molecular weight is 1050 g/mol. The van der Waals surface area contributed by atoms with Gasteiger partial charge < -0.3 is 48.3 Å². The van der Waals surface area contributed by atoms with Crippen molar-refractivity contribution in [1.29, 1.82) is 0 Å². The molecule has 1 aromatic carbocycles. The minimum Gasteiger partial charge on any atom is -0.489 e. The first kappa shape index (κ1) is 58.0. The second-order valence-electron chi connectivity index (χ2n) is 20.7. The number of rotatable bonds is 17. The number of aryl methyl sites for hydroxylation is 1. The summed E-state index contributed by atoms with van der Waals surface area (Å²) >= 11 is 0.872. The number of imidazole rings is 1. The minimum atomic E-state index is -5.11. The Morgan fingerprint density at radius 3 is 2.01 bits per heavy atom. The molecule has 4 N–H and O–H groups in total. The molecule has 0 radical (unpaired) electrons. The lowest BCUT2D eigenvalue weighted by Gasteiger charge is -2.50. The molecule has 5 amide bonds. The van der Waals surface area contributed by atoms with Crippen molar-refractivity contribution in [3.8, 4) is 17.0 Å². The van der Waals surface area contributed by atoms with Gasteiger partial charge in [-0.15, -0.1) is 20.6 Å². The SMILES string of the molecule is Cn1c(-c2ccc(OC[C@H](O/N=C(\C(=O)N[C@@H]3C(=O)N(OS(=O)(=O)O)C3(C)C)c3csc(NC(=O)OC(C)(C)C)n3)C(=O)OC(C)(C)C)cc2)cn(CCCNC(=O)OC(C)(C)C)c1=NC(=O)OC(C)(C)C. The number of carbonyl (C=O) groups is 6. The van der Waals surface area contributed by atoms with E-state index in [-0.39, 0.29) is 28.7 Å². The number of nitrogens with one attached hydrogen (secondary N) is 3. The van der Waals surface area contributed by atoms with Crippen molar-refractivity contribution < 1.29 is 74.5 Å². The Morgan fingerprint density at radius 2 is 1.46 bits per heavy atom. The fourth-order valence-corrected chi connectivity index (χ4v) is 7.39. The molecule has 25 nitrogen and oxygen atoms in total. The van der Waals surface area contributed by atoms with Crippen molar-refractivity contribution >= 4 is 68.6 Å². The Labute approximate surface area is 421 Å². The van der Waals surface area contributed by atoms with Gasteiger partial charge >= 0.3 is 34.6 Å². The zero-order valence-electron chi connectivity index (χ0n) is 43.0. The predicted molar refractivity (Wildman–Crippen MR) is 260 cm³/mol. The maximum atomic E-state index is 14.0. The van der Waals surface area contributed by atoms with E-state index in [9.17, 15) is 41.7 Å². The summed E-state index contributed by atoms with van der Waals surface area (Å²) in [7, 11) is -3.39. The Balaban J connectivity index is 1.63. The smallest absolute Gasteiger partial charge is 0.437 e. The van der Waals surface area contributed by atoms with E-state index in [4.69, 9.17) is 28.5 Å². The summed E-state index contributed by atoms with van der Waals surface area (Å²) in [5.74, 6) is -2.83. The van der Waals surface area contributed by atoms with Crippen molar-refractivity contribution in [3.05, 3.63) is 47.2 Å². The number of β-lactam (4-membered cyclic amide) rings is 1. The van der Waals surface area contributed by atoms with E-state index in [0.717, 1.165) is 11.3 Å². The first-order valence-electron chi connectivity index (χ1n) is 22.4. The number of carbonyl (C=O) groups excluding carboxylic acids is 6. The molecule has 27 heteroatoms. The van der Waals surface area contributed by atoms with Gasteiger partial charge in [-0.1, -0.05) is 5.16 Å². The number of benzene rings is 1. The Morgan fingerprint density at radius 1 is 0.875 bits per heavy atom. The molecule has 1 aliphatic rings. The number of esters is 1. The number of oxime groups is 1. The largest absolute Gasteiger partial charge is 0.489 e. The van der Waals surface area contributed by atoms with Crippen LogP contribution in [0.15, 0.2) is 46.0 Å². The highest BCUT2D eigenvalue weighted by Gasteiger charge is 2.58. The van der Waals surface area contributed by atoms with Gasteiger partial charge in [-0.2, -0.15) is 13.5 Å². The van der Waals surface area contributed by atoms with Crippen LogP contribution in [0.5, 0.6) is 5.75 Å². The van der Waals surface area contributed by atoms with E-state index in [1.54, 1.807) is 130 Å². The van der Waals surface area contributed by atoms with Crippen LogP contribution >= 0.6 is 11.3 Å². The van der Waals surface area contributed by atoms with Gasteiger partial charge in [0.25, 0.3) is 17.9 Å². The molecule has 0 aliphatic carbocycles. The van der Waals surface area contributed by atoms with Crippen LogP contribution in [0, 0.1) is 0 Å². The lowest BCUT2D eigenvalue weighted by molar-refractivity contribution is -0.218. The Hall–Kier alpha value is -6.58. The maximum absolute atomic E-state index is 14.0. The van der Waals surface area contributed by atoms with Gasteiger partial charge in [0.2, 0.25) is 5.62 Å². The molecule has 3 heterocycles. The first-order valence-corrected chi connectivity index (χ1v) is 24.6. The summed E-state index contributed by atoms with van der Waals surface area (Å²) < 4.78 is 67.5. The van der Waals surface area contributed by atoms with Gasteiger partial charge in [0, 0.05) is 31.7 Å². The van der Waals surface area contributed by atoms with Crippen LogP contribution in [0.2, 0.25) is 0 Å². The lowest BCUT2D eigenvalue weighted by atomic mass is 9.84. The van der Waals surface area contributed by atoms with Gasteiger partial charge in [0.05, 0.1) is 11.2 Å². The number of alkyl carbamates (subject to hydrolysis) is 1. The second-order valence-corrected chi connectivity index (χ2v) is 22.6. The molecular formula is C45H65N9O16S2. The molecule has 3 aromatic rings. The maximum Gasteiger partial charge on any atom is 0.437 e. The minimum absolute atomic E-state index is 0.0330. The highest BCUT2D eigenvalue weighted by molar-refractivity contribution is 7.80. The van der Waals surface area contributed by atoms with Crippen molar-refractivity contribution in [2.45, 2.75) is 150 Å². The summed E-state index contributed by atoms with van der Waals surface area (Å²) in [4.78, 5) is 92.4. The molecule has 0 spiro atoms. The molecule has 1 aliphatic heterocycles. The summed E-state index contributed by atoms with van der Waals surface area (Å²) in [6, 6.07) is 5.23. The van der Waals surface area contributed by atoms with Crippen LogP contribution in [0.1, 0.15) is 109 Å². The van der Waals surface area contributed by atoms with Crippen LogP contribution in [-0.2, 0) is 66.4 Å². The van der Waals surface area contributed by atoms with Crippen molar-refractivity contribution in [3.63, 3.8) is 0 Å². The fraction of sp³-hybridized carbons (Fsp3) is 0.578. The predicted octanol–water partition coefficient (Wildman–Crippen LogP) is 5.40. The second kappa shape index (κ2) is 22.5. The monoisotopic (exact) mass is 1050 g/mol. The standard InChI is InChI=1S/C45H65N9O16S2/c1-41(2,3)65-35(57)30(69-51-31(28-25-71-36(47-28)49-39(59)67-43(7,8)9)33(55)48-32-34(56)54(45(32,13)14)70-72(61,62)63)24-64-27-19-17-26(18-20-27)29-23-53(22-16-21-46-38(58)66-42(4,5)6)37(52(29)15)50-40(60)68-44(10,11)12/h17-20,23,25,30,32H,16,21-22,24H2,1-15H3,(H,46,58)(H,48,55)(H,47,49,59)(H,61,62,63)/b50-37?,51-31-/t30-,32+/m0/s1. The number of amides is 5. The molecular weight excluding hydrogens is 987 g/mol. The van der Waals surface area contributed by atoms with Gasteiger partial charge in [0.15, 0.2) is 10.8 Å². The van der Waals surface area contributed by atoms with Crippen LogP contribution in [0.25, 0.3) is 11.3 Å². The van der Waals surface area contributed by atoms with E-state index in [1.807, 2.05) is 0 Å². The number of ether oxygens (including phenoxy) is 5. The van der Waals surface area contributed by atoms with Gasteiger partial charge in [-0.05, 0) is 133 Å². The van der Waals surface area contributed by atoms with Crippen molar-refractivity contribution in [2.75, 3.05) is 18.5 Å². The van der Waals surface area contributed by atoms with Gasteiger partial charge in [-0.25, -0.2) is 24.2 Å². The summed E-state index contributed by atoms with van der Waals surface area (Å²) in [6.07, 6.45) is -1.62. The summed E-state index contributed by atoms with van der Waals surface area (Å²) in [6.45, 7) is 23.0. The molecule has 2 aromatic heterocycles. The normalized spacial score (nSPS) is 16.0. The third kappa shape index (κ3) is 17.6. The molecule has 0 saturated carbocycles. The number of nitrogens with zero attached hydrogens (tertiary/aromatic N) is 6. The molecule has 4 rings (SSSR count). The summed E-state index contributed by atoms with van der Waals surface area (Å²) in [5.41, 5.74) is -4.10. The first-order chi connectivity index (χ1) is 32.9. The van der Waals surface area contributed by atoms with Crippen LogP contribution in [0.4, 0.5) is 19.5 Å². The number of thiazole rings is 1. The number of hydrogen-bond acceptors (Lipinski definition) is 18. The molecule has 398 valence electrons. The lowest BCUT2D eigenvalue weighted by Crippen LogP contribution is -2.76. The number of hydroxylamine groups is 2. The summed E-state index contributed by atoms with van der Waals surface area (Å²) in [5, 5.41) is 13.2. The van der Waals surface area contributed by atoms with Crippen LogP contribution < -0.4 is 26.3 Å². The quantitative estimate of drug-likeness (QED) is 0.0250. The Kier molecular flexibility index (Phi) is 18.1. The van der Waals surface area contributed by atoms with Crippen molar-refractivity contribution in [1.82, 2.24) is 29.8 Å². The van der Waals surface area contributed by atoms with Crippen molar-refractivity contribution in [2.24, 2.45) is 17.2 Å². The van der Waals surface area contributed by atoms with Gasteiger partial charge in [0.1, 0.15) is 46.5 Å². The zero-order chi connectivity index (χ0) is 54.4. The third-order valence-electron chi connectivity index (χ3n) is 9.21. The highest BCUT2D eigenvalue weighted by atomic mass is 32.3. The number of hydrogen-bond donors (Lipinski definition) is 4. The van der Waals surface area contributed by atoms with Gasteiger partial charge in [-0.3, -0.25) is 19.5 Å². The van der Waals surface area contributed by atoms with E-state index >= 15 is 0 Å². The average Bonchev–Trinajstić information content (AvgIpc) is 3.78. The number of aromatic nitrogens is 3. The molecule has 72 heavy (non-hydrogen) atoms. The van der Waals surface area contributed by atoms with E-state index < -0.39 is 98.9 Å². The molecule has 1 saturated heterocycles. The number of anilines is 1. The van der Waals surface area contributed by atoms with E-state index in [1.165, 1.54) is 19.2 Å².